The van der Waals surface area contributed by atoms with Gasteiger partial charge in [-0.2, -0.15) is 0 Å². The molecule has 0 heterocycles. The van der Waals surface area contributed by atoms with Crippen LogP contribution in [0.5, 0.6) is 5.75 Å². The van der Waals surface area contributed by atoms with Crippen molar-refractivity contribution < 1.29 is 18.3 Å². The molecule has 0 aliphatic heterocycles. The molecule has 1 rings (SSSR count). The van der Waals surface area contributed by atoms with Crippen LogP contribution in [0.25, 0.3) is 0 Å². The molecule has 0 aromatic heterocycles. The van der Waals surface area contributed by atoms with E-state index in [1.165, 1.54) is 19.2 Å². The zero-order chi connectivity index (χ0) is 12.2. The Labute approximate surface area is 103 Å². The summed E-state index contributed by atoms with van der Waals surface area (Å²) < 4.78 is 30.6. The van der Waals surface area contributed by atoms with Gasteiger partial charge in [-0.25, -0.2) is 8.42 Å². The highest BCUT2D eigenvalue weighted by molar-refractivity contribution is 9.10. The molecule has 5 nitrogen and oxygen atoms in total. The summed E-state index contributed by atoms with van der Waals surface area (Å²) in [5, 5.41) is 9.44. The Morgan fingerprint density at radius 3 is 2.81 bits per heavy atom. The molecule has 0 spiro atoms. The largest absolute Gasteiger partial charge is 0.506 e. The standard InChI is InChI=1S/C9H12BrNO4S/c1-15-4-5-16(13,14)11-8-6-7(10)2-3-9(8)12/h2-3,6,11-12H,4-5H2,1H3. The second-order valence-electron chi connectivity index (χ2n) is 3.08. The molecule has 2 N–H and O–H groups in total. The van der Waals surface area contributed by atoms with Gasteiger partial charge in [0, 0.05) is 11.6 Å². The minimum absolute atomic E-state index is 0.101. The number of methoxy groups -OCH3 is 1. The highest BCUT2D eigenvalue weighted by Crippen LogP contribution is 2.27. The minimum Gasteiger partial charge on any atom is -0.506 e. The van der Waals surface area contributed by atoms with E-state index in [1.54, 1.807) is 6.07 Å². The van der Waals surface area contributed by atoms with Gasteiger partial charge >= 0.3 is 0 Å². The highest BCUT2D eigenvalue weighted by atomic mass is 79.9. The molecule has 1 aromatic carbocycles. The molecule has 90 valence electrons. The van der Waals surface area contributed by atoms with E-state index in [0.717, 1.165) is 0 Å². The van der Waals surface area contributed by atoms with Crippen molar-refractivity contribution in [3.8, 4) is 5.75 Å². The van der Waals surface area contributed by atoms with E-state index < -0.39 is 10.0 Å². The summed E-state index contributed by atoms with van der Waals surface area (Å²) >= 11 is 3.19. The van der Waals surface area contributed by atoms with Gasteiger partial charge in [0.2, 0.25) is 10.0 Å². The number of anilines is 1. The third kappa shape index (κ3) is 3.99. The smallest absolute Gasteiger partial charge is 0.235 e. The SMILES string of the molecule is COCCS(=O)(=O)Nc1cc(Br)ccc1O. The van der Waals surface area contributed by atoms with Gasteiger partial charge in [-0.1, -0.05) is 15.9 Å². The summed E-state index contributed by atoms with van der Waals surface area (Å²) in [5.74, 6) is -0.278. The second kappa shape index (κ2) is 5.51. The maximum atomic E-state index is 11.5. The number of phenolic OH excluding ortho intramolecular Hbond substituents is 1. The Morgan fingerprint density at radius 2 is 2.19 bits per heavy atom. The van der Waals surface area contributed by atoms with Crippen molar-refractivity contribution in [2.45, 2.75) is 0 Å². The zero-order valence-corrected chi connectivity index (χ0v) is 11.0. The maximum Gasteiger partial charge on any atom is 0.235 e. The summed E-state index contributed by atoms with van der Waals surface area (Å²) in [6.07, 6.45) is 0. The molecule has 0 saturated heterocycles. The number of halogens is 1. The van der Waals surface area contributed by atoms with Gasteiger partial charge in [-0.15, -0.1) is 0 Å². The number of benzene rings is 1. The van der Waals surface area contributed by atoms with Gasteiger partial charge < -0.3 is 9.84 Å². The van der Waals surface area contributed by atoms with E-state index in [1.807, 2.05) is 0 Å². The van der Waals surface area contributed by atoms with Crippen molar-refractivity contribution in [1.82, 2.24) is 0 Å². The molecule has 0 unspecified atom stereocenters. The van der Waals surface area contributed by atoms with Crippen LogP contribution in [0, 0.1) is 0 Å². The monoisotopic (exact) mass is 309 g/mol. The van der Waals surface area contributed by atoms with Crippen LogP contribution in [-0.2, 0) is 14.8 Å². The number of ether oxygens (including phenoxy) is 1. The van der Waals surface area contributed by atoms with Crippen LogP contribution >= 0.6 is 15.9 Å². The number of hydrogen-bond donors (Lipinski definition) is 2. The first kappa shape index (κ1) is 13.3. The quantitative estimate of drug-likeness (QED) is 0.809. The molecule has 0 bridgehead atoms. The Kier molecular flexibility index (Phi) is 4.57. The molecule has 0 atom stereocenters. The lowest BCUT2D eigenvalue weighted by Gasteiger charge is -2.09. The van der Waals surface area contributed by atoms with E-state index in [4.69, 9.17) is 0 Å². The minimum atomic E-state index is -3.49. The average Bonchev–Trinajstić information content (AvgIpc) is 2.20. The maximum absolute atomic E-state index is 11.5. The third-order valence-electron chi connectivity index (χ3n) is 1.78. The van der Waals surface area contributed by atoms with Crippen LogP contribution in [0.15, 0.2) is 22.7 Å². The fraction of sp³-hybridized carbons (Fsp3) is 0.333. The number of phenols is 1. The molecule has 7 heteroatoms. The average molecular weight is 310 g/mol. The molecule has 0 radical (unpaired) electrons. The van der Waals surface area contributed by atoms with E-state index in [0.29, 0.717) is 4.47 Å². The molecule has 16 heavy (non-hydrogen) atoms. The Morgan fingerprint density at radius 1 is 1.50 bits per heavy atom. The lowest BCUT2D eigenvalue weighted by molar-refractivity contribution is 0.217. The number of rotatable bonds is 5. The van der Waals surface area contributed by atoms with Crippen molar-refractivity contribution in [2.75, 3.05) is 24.2 Å². The highest BCUT2D eigenvalue weighted by Gasteiger charge is 2.12. The van der Waals surface area contributed by atoms with Gasteiger partial charge in [0.15, 0.2) is 0 Å². The first-order valence-corrected chi connectivity index (χ1v) is 6.87. The molecular formula is C9H12BrNO4S. The van der Waals surface area contributed by atoms with Gasteiger partial charge in [0.25, 0.3) is 0 Å². The molecule has 0 fully saturated rings. The summed E-state index contributed by atoms with van der Waals surface area (Å²) in [5.41, 5.74) is 0.144. The van der Waals surface area contributed by atoms with Gasteiger partial charge in [0.05, 0.1) is 18.0 Å². The van der Waals surface area contributed by atoms with Crippen LogP contribution in [0.1, 0.15) is 0 Å². The van der Waals surface area contributed by atoms with Crippen molar-refractivity contribution in [1.29, 1.82) is 0 Å². The lowest BCUT2D eigenvalue weighted by atomic mass is 10.3. The molecule has 0 saturated carbocycles. The lowest BCUT2D eigenvalue weighted by Crippen LogP contribution is -2.19. The van der Waals surface area contributed by atoms with Crippen LogP contribution in [0.4, 0.5) is 5.69 Å². The Hall–Kier alpha value is -0.790. The first-order chi connectivity index (χ1) is 7.44. The molecule has 1 aromatic rings. The normalized spacial score (nSPS) is 11.4. The Bertz CT molecular complexity index is 461. The van der Waals surface area contributed by atoms with Crippen LogP contribution in [-0.4, -0.2) is 33.0 Å². The van der Waals surface area contributed by atoms with Crippen molar-refractivity contribution in [3.63, 3.8) is 0 Å². The van der Waals surface area contributed by atoms with Gasteiger partial charge in [-0.05, 0) is 18.2 Å². The summed E-state index contributed by atoms with van der Waals surface area (Å²) in [6.45, 7) is 0.101. The summed E-state index contributed by atoms with van der Waals surface area (Å²) in [6, 6.07) is 4.50. The summed E-state index contributed by atoms with van der Waals surface area (Å²) in [7, 11) is -2.07. The summed E-state index contributed by atoms with van der Waals surface area (Å²) in [4.78, 5) is 0. The number of sulfonamides is 1. The number of nitrogens with one attached hydrogen (secondary N) is 1. The first-order valence-electron chi connectivity index (χ1n) is 4.42. The van der Waals surface area contributed by atoms with E-state index in [2.05, 4.69) is 25.4 Å². The van der Waals surface area contributed by atoms with E-state index >= 15 is 0 Å². The van der Waals surface area contributed by atoms with E-state index in [-0.39, 0.29) is 23.8 Å². The van der Waals surface area contributed by atoms with Crippen molar-refractivity contribution in [2.24, 2.45) is 0 Å². The van der Waals surface area contributed by atoms with Crippen molar-refractivity contribution in [3.05, 3.63) is 22.7 Å². The fourth-order valence-corrected chi connectivity index (χ4v) is 2.35. The Balaban J connectivity index is 2.83. The van der Waals surface area contributed by atoms with Crippen LogP contribution in [0.2, 0.25) is 0 Å². The number of aromatic hydroxyl groups is 1. The third-order valence-corrected chi connectivity index (χ3v) is 3.51. The topological polar surface area (TPSA) is 75.6 Å². The predicted octanol–water partition coefficient (Wildman–Crippen LogP) is 1.54. The second-order valence-corrected chi connectivity index (χ2v) is 5.83. The van der Waals surface area contributed by atoms with Crippen LogP contribution < -0.4 is 4.72 Å². The molecular weight excluding hydrogens is 298 g/mol. The molecule has 0 amide bonds. The molecule has 0 aliphatic rings. The van der Waals surface area contributed by atoms with Crippen molar-refractivity contribution >= 4 is 31.6 Å². The molecule has 0 aliphatic carbocycles. The van der Waals surface area contributed by atoms with Gasteiger partial charge in [-0.3, -0.25) is 4.72 Å². The zero-order valence-electron chi connectivity index (χ0n) is 8.60. The van der Waals surface area contributed by atoms with E-state index in [9.17, 15) is 13.5 Å². The van der Waals surface area contributed by atoms with Gasteiger partial charge in [0.1, 0.15) is 5.75 Å². The predicted molar refractivity (Wildman–Crippen MR) is 65.1 cm³/mol. The van der Waals surface area contributed by atoms with Crippen LogP contribution in [0.3, 0.4) is 0 Å². The fourth-order valence-electron chi connectivity index (χ4n) is 1.00. The number of hydrogen-bond acceptors (Lipinski definition) is 4.